The first-order valence-electron chi connectivity index (χ1n) is 8.39. The summed E-state index contributed by atoms with van der Waals surface area (Å²) in [4.78, 5) is 47.1. The number of rotatable bonds is 6. The molecule has 2 amide bonds. The summed E-state index contributed by atoms with van der Waals surface area (Å²) in [6, 6.07) is 8.76. The van der Waals surface area contributed by atoms with Gasteiger partial charge in [-0.15, -0.1) is 11.8 Å². The number of thioether (sulfide) groups is 1. The van der Waals surface area contributed by atoms with E-state index < -0.39 is 28.7 Å². The third kappa shape index (κ3) is 5.41. The molecule has 0 aliphatic carbocycles. The molecule has 2 aromatic rings. The quantitative estimate of drug-likeness (QED) is 0.373. The lowest BCUT2D eigenvalue weighted by Crippen LogP contribution is -2.32. The summed E-state index contributed by atoms with van der Waals surface area (Å²) in [5.74, 6) is -1.80. The third-order valence-corrected chi connectivity index (χ3v) is 5.73. The number of nitro benzene ring substituents is 1. The van der Waals surface area contributed by atoms with Gasteiger partial charge in [0.15, 0.2) is 6.61 Å². The fraction of sp³-hybridized carbons (Fsp3) is 0.167. The lowest BCUT2D eigenvalue weighted by Gasteiger charge is -2.23. The summed E-state index contributed by atoms with van der Waals surface area (Å²) in [6.45, 7) is -0.611. The van der Waals surface area contributed by atoms with Crippen LogP contribution in [0.4, 0.5) is 17.1 Å². The number of nitrogens with zero attached hydrogens (tertiary/aromatic N) is 1. The lowest BCUT2D eigenvalue weighted by molar-refractivity contribution is -0.384. The Morgan fingerprint density at radius 1 is 1.23 bits per heavy atom. The van der Waals surface area contributed by atoms with Gasteiger partial charge in [-0.3, -0.25) is 24.5 Å². The Balaban J connectivity index is 1.51. The van der Waals surface area contributed by atoms with Gasteiger partial charge in [-0.25, -0.2) is 0 Å². The SMILES string of the molecule is O=C(COC(=O)CC1Sc2ccc(Cl)cc2NC1=O)Nc1ccc(Cl)c([N+](=O)[O-])c1. The highest BCUT2D eigenvalue weighted by Crippen LogP contribution is 2.38. The van der Waals surface area contributed by atoms with Crippen LogP contribution in [-0.4, -0.2) is 34.6 Å². The normalized spacial score (nSPS) is 15.0. The molecule has 30 heavy (non-hydrogen) atoms. The molecule has 9 nitrogen and oxygen atoms in total. The van der Waals surface area contributed by atoms with Crippen LogP contribution in [-0.2, 0) is 19.1 Å². The first-order valence-corrected chi connectivity index (χ1v) is 10.0. The van der Waals surface area contributed by atoms with E-state index in [9.17, 15) is 24.5 Å². The Morgan fingerprint density at radius 3 is 2.73 bits per heavy atom. The fourth-order valence-corrected chi connectivity index (χ4v) is 3.97. The van der Waals surface area contributed by atoms with Crippen molar-refractivity contribution >= 4 is 69.8 Å². The lowest BCUT2D eigenvalue weighted by atomic mass is 10.2. The van der Waals surface area contributed by atoms with Crippen LogP contribution >= 0.6 is 35.0 Å². The molecule has 0 radical (unpaired) electrons. The van der Waals surface area contributed by atoms with Crippen molar-refractivity contribution in [2.24, 2.45) is 0 Å². The van der Waals surface area contributed by atoms with Crippen molar-refractivity contribution in [3.63, 3.8) is 0 Å². The second kappa shape index (κ2) is 9.33. The van der Waals surface area contributed by atoms with Crippen molar-refractivity contribution in [1.29, 1.82) is 0 Å². The van der Waals surface area contributed by atoms with Gasteiger partial charge in [0.2, 0.25) is 5.91 Å². The van der Waals surface area contributed by atoms with E-state index in [4.69, 9.17) is 27.9 Å². The largest absolute Gasteiger partial charge is 0.456 e. The van der Waals surface area contributed by atoms with Crippen LogP contribution in [0.5, 0.6) is 0 Å². The van der Waals surface area contributed by atoms with Crippen LogP contribution in [0.2, 0.25) is 10.0 Å². The van der Waals surface area contributed by atoms with Gasteiger partial charge in [0.25, 0.3) is 11.6 Å². The molecule has 1 aliphatic heterocycles. The first-order chi connectivity index (χ1) is 14.2. The highest BCUT2D eigenvalue weighted by Gasteiger charge is 2.30. The summed E-state index contributed by atoms with van der Waals surface area (Å²) < 4.78 is 4.91. The monoisotopic (exact) mass is 469 g/mol. The molecule has 1 unspecified atom stereocenters. The maximum atomic E-state index is 12.2. The molecule has 0 aromatic heterocycles. The standard InChI is InChI=1S/C18H13Cl2N3O6S/c19-9-1-4-14-12(5-9)22-18(26)15(30-14)7-17(25)29-8-16(24)21-10-2-3-11(20)13(6-10)23(27)28/h1-6,15H,7-8H2,(H,21,24)(H,22,26). The van der Waals surface area contributed by atoms with Crippen LogP contribution < -0.4 is 10.6 Å². The van der Waals surface area contributed by atoms with E-state index in [0.717, 1.165) is 11.0 Å². The highest BCUT2D eigenvalue weighted by molar-refractivity contribution is 8.01. The summed E-state index contributed by atoms with van der Waals surface area (Å²) in [7, 11) is 0. The zero-order chi connectivity index (χ0) is 21.8. The number of ether oxygens (including phenoxy) is 1. The van der Waals surface area contributed by atoms with Crippen LogP contribution in [0, 0.1) is 10.1 Å². The number of nitro groups is 1. The van der Waals surface area contributed by atoms with Crippen molar-refractivity contribution in [1.82, 2.24) is 0 Å². The Labute approximate surface area is 184 Å². The molecular weight excluding hydrogens is 457 g/mol. The van der Waals surface area contributed by atoms with Crippen molar-refractivity contribution in [2.75, 3.05) is 17.2 Å². The predicted octanol–water partition coefficient (Wildman–Crippen LogP) is 3.89. The molecule has 0 saturated carbocycles. The molecule has 2 N–H and O–H groups in total. The van der Waals surface area contributed by atoms with Gasteiger partial charge in [0, 0.05) is 21.7 Å². The van der Waals surface area contributed by atoms with Crippen LogP contribution in [0.3, 0.4) is 0 Å². The van der Waals surface area contributed by atoms with E-state index in [0.29, 0.717) is 10.7 Å². The number of fused-ring (bicyclic) bond motifs is 1. The molecule has 12 heteroatoms. The van der Waals surface area contributed by atoms with Crippen molar-refractivity contribution < 1.29 is 24.0 Å². The molecule has 1 heterocycles. The number of anilines is 2. The Morgan fingerprint density at radius 2 is 2.00 bits per heavy atom. The van der Waals surface area contributed by atoms with Crippen LogP contribution in [0.15, 0.2) is 41.3 Å². The molecule has 156 valence electrons. The molecular formula is C18H13Cl2N3O6S. The topological polar surface area (TPSA) is 128 Å². The minimum absolute atomic E-state index is 0.0727. The number of halogens is 2. The van der Waals surface area contributed by atoms with Crippen molar-refractivity contribution in [2.45, 2.75) is 16.6 Å². The smallest absolute Gasteiger partial charge is 0.307 e. The van der Waals surface area contributed by atoms with E-state index in [2.05, 4.69) is 10.6 Å². The molecule has 0 spiro atoms. The van der Waals surface area contributed by atoms with E-state index >= 15 is 0 Å². The Kier molecular flexibility index (Phi) is 6.80. The molecule has 2 aromatic carbocycles. The van der Waals surface area contributed by atoms with Gasteiger partial charge in [0.05, 0.1) is 22.3 Å². The second-order valence-electron chi connectivity index (χ2n) is 6.07. The third-order valence-electron chi connectivity index (χ3n) is 3.90. The molecule has 0 fully saturated rings. The zero-order valence-corrected chi connectivity index (χ0v) is 17.3. The number of esters is 1. The maximum Gasteiger partial charge on any atom is 0.307 e. The minimum Gasteiger partial charge on any atom is -0.456 e. The van der Waals surface area contributed by atoms with Crippen LogP contribution in [0.25, 0.3) is 0 Å². The van der Waals surface area contributed by atoms with Crippen LogP contribution in [0.1, 0.15) is 6.42 Å². The van der Waals surface area contributed by atoms with Gasteiger partial charge in [-0.2, -0.15) is 0 Å². The van der Waals surface area contributed by atoms with Gasteiger partial charge in [-0.1, -0.05) is 23.2 Å². The van der Waals surface area contributed by atoms with Crippen molar-refractivity contribution in [3.05, 3.63) is 56.6 Å². The number of hydrogen-bond acceptors (Lipinski definition) is 7. The van der Waals surface area contributed by atoms with E-state index in [1.807, 2.05) is 0 Å². The number of hydrogen-bond donors (Lipinski definition) is 2. The molecule has 1 aliphatic rings. The molecule has 0 saturated heterocycles. The van der Waals surface area contributed by atoms with Gasteiger partial charge < -0.3 is 15.4 Å². The number of amides is 2. The first kappa shape index (κ1) is 21.9. The molecule has 3 rings (SSSR count). The van der Waals surface area contributed by atoms with E-state index in [1.54, 1.807) is 18.2 Å². The Bertz CT molecular complexity index is 1050. The summed E-state index contributed by atoms with van der Waals surface area (Å²) in [6.07, 6.45) is -0.238. The molecule has 0 bridgehead atoms. The van der Waals surface area contributed by atoms with Gasteiger partial charge >= 0.3 is 5.97 Å². The summed E-state index contributed by atoms with van der Waals surface area (Å²) >= 11 is 12.8. The van der Waals surface area contributed by atoms with E-state index in [1.165, 1.54) is 23.9 Å². The number of benzene rings is 2. The zero-order valence-electron chi connectivity index (χ0n) is 15.0. The average molecular weight is 470 g/mol. The maximum absolute atomic E-state index is 12.2. The minimum atomic E-state index is -0.739. The second-order valence-corrected chi connectivity index (χ2v) is 8.16. The average Bonchev–Trinajstić information content (AvgIpc) is 2.68. The Hall–Kier alpha value is -2.82. The number of carbonyl (C=O) groups is 3. The number of carbonyl (C=O) groups excluding carboxylic acids is 3. The predicted molar refractivity (Wildman–Crippen MR) is 112 cm³/mol. The number of nitrogens with one attached hydrogen (secondary N) is 2. The van der Waals surface area contributed by atoms with E-state index in [-0.39, 0.29) is 28.7 Å². The van der Waals surface area contributed by atoms with Crippen molar-refractivity contribution in [3.8, 4) is 0 Å². The molecule has 1 atom stereocenters. The summed E-state index contributed by atoms with van der Waals surface area (Å²) in [5.41, 5.74) is 0.330. The highest BCUT2D eigenvalue weighted by atomic mass is 35.5. The summed E-state index contributed by atoms with van der Waals surface area (Å²) in [5, 5.41) is 15.6. The van der Waals surface area contributed by atoms with Gasteiger partial charge in [-0.05, 0) is 30.3 Å². The fourth-order valence-electron chi connectivity index (χ4n) is 2.54. The van der Waals surface area contributed by atoms with Gasteiger partial charge in [0.1, 0.15) is 5.02 Å².